The van der Waals surface area contributed by atoms with E-state index in [1.807, 2.05) is 12.1 Å². The highest BCUT2D eigenvalue weighted by Crippen LogP contribution is 2.27. The molecule has 0 amide bonds. The fourth-order valence-corrected chi connectivity index (χ4v) is 3.38. The molecule has 0 bridgehead atoms. The van der Waals surface area contributed by atoms with Gasteiger partial charge in [0.25, 0.3) is 10.0 Å². The van der Waals surface area contributed by atoms with Gasteiger partial charge in [0.1, 0.15) is 4.90 Å². The van der Waals surface area contributed by atoms with E-state index in [1.54, 1.807) is 19.1 Å². The number of nitrogen functional groups attached to an aromatic ring is 1. The number of anilines is 2. The van der Waals surface area contributed by atoms with E-state index in [0.717, 1.165) is 10.0 Å². The molecule has 0 aromatic heterocycles. The van der Waals surface area contributed by atoms with E-state index in [-0.39, 0.29) is 10.6 Å². The van der Waals surface area contributed by atoms with Gasteiger partial charge in [-0.15, -0.1) is 0 Å². The summed E-state index contributed by atoms with van der Waals surface area (Å²) in [6, 6.07) is 11.2. The van der Waals surface area contributed by atoms with E-state index in [4.69, 9.17) is 11.0 Å². The molecule has 0 unspecified atom stereocenters. The number of nitriles is 1. The predicted octanol–water partition coefficient (Wildman–Crippen LogP) is 3.01. The second-order valence-corrected chi connectivity index (χ2v) is 6.89. The Labute approximate surface area is 131 Å². The van der Waals surface area contributed by atoms with Crippen molar-refractivity contribution >= 4 is 37.3 Å². The Balaban J connectivity index is 2.44. The van der Waals surface area contributed by atoms with Gasteiger partial charge < -0.3 is 5.73 Å². The van der Waals surface area contributed by atoms with Crippen LogP contribution in [0.4, 0.5) is 11.4 Å². The van der Waals surface area contributed by atoms with Crippen molar-refractivity contribution < 1.29 is 8.42 Å². The Hall–Kier alpha value is -2.04. The van der Waals surface area contributed by atoms with Crippen LogP contribution in [-0.2, 0) is 10.0 Å². The van der Waals surface area contributed by atoms with Gasteiger partial charge in [-0.3, -0.25) is 4.72 Å². The quantitative estimate of drug-likeness (QED) is 0.817. The van der Waals surface area contributed by atoms with Crippen LogP contribution in [-0.4, -0.2) is 8.42 Å². The van der Waals surface area contributed by atoms with E-state index in [0.29, 0.717) is 11.3 Å². The molecule has 0 radical (unpaired) electrons. The minimum absolute atomic E-state index is 0.0363. The summed E-state index contributed by atoms with van der Waals surface area (Å²) >= 11 is 3.35. The zero-order valence-electron chi connectivity index (χ0n) is 11.1. The van der Waals surface area contributed by atoms with E-state index in [9.17, 15) is 8.42 Å². The molecule has 2 aromatic rings. The standard InChI is InChI=1S/C14H12BrN3O2S/c1-9-11(15)3-2-4-13(9)18-21(19,20)14-6-5-10(8-16)7-12(14)17/h2-7,18H,17H2,1H3. The number of benzene rings is 2. The largest absolute Gasteiger partial charge is 0.398 e. The minimum atomic E-state index is -3.81. The predicted molar refractivity (Wildman–Crippen MR) is 85.3 cm³/mol. The maximum Gasteiger partial charge on any atom is 0.263 e. The average Bonchev–Trinajstić information content (AvgIpc) is 2.43. The van der Waals surface area contributed by atoms with Gasteiger partial charge in [-0.1, -0.05) is 22.0 Å². The van der Waals surface area contributed by atoms with Crippen LogP contribution in [0.3, 0.4) is 0 Å². The van der Waals surface area contributed by atoms with E-state index in [2.05, 4.69) is 20.7 Å². The molecule has 7 heteroatoms. The molecule has 0 fully saturated rings. The number of rotatable bonds is 3. The molecule has 0 aliphatic heterocycles. The maximum atomic E-state index is 12.4. The van der Waals surface area contributed by atoms with E-state index in [1.165, 1.54) is 18.2 Å². The van der Waals surface area contributed by atoms with E-state index >= 15 is 0 Å². The first-order valence-corrected chi connectivity index (χ1v) is 8.20. The minimum Gasteiger partial charge on any atom is -0.398 e. The highest BCUT2D eigenvalue weighted by atomic mass is 79.9. The molecular weight excluding hydrogens is 354 g/mol. The van der Waals surface area contributed by atoms with Crippen molar-refractivity contribution in [3.05, 3.63) is 52.0 Å². The number of nitrogens with two attached hydrogens (primary N) is 1. The number of hydrogen-bond acceptors (Lipinski definition) is 4. The van der Waals surface area contributed by atoms with Crippen LogP contribution in [0.25, 0.3) is 0 Å². The van der Waals surface area contributed by atoms with Crippen LogP contribution in [0.1, 0.15) is 11.1 Å². The van der Waals surface area contributed by atoms with Gasteiger partial charge in [-0.2, -0.15) is 5.26 Å². The van der Waals surface area contributed by atoms with Gasteiger partial charge in [-0.25, -0.2) is 8.42 Å². The third-order valence-electron chi connectivity index (χ3n) is 2.94. The van der Waals surface area contributed by atoms with Crippen LogP contribution in [0.5, 0.6) is 0 Å². The van der Waals surface area contributed by atoms with Gasteiger partial charge in [0.15, 0.2) is 0 Å². The summed E-state index contributed by atoms with van der Waals surface area (Å²) in [4.78, 5) is -0.0547. The molecule has 2 aromatic carbocycles. The number of hydrogen-bond donors (Lipinski definition) is 2. The van der Waals surface area contributed by atoms with Gasteiger partial charge in [0, 0.05) is 4.47 Å². The van der Waals surface area contributed by atoms with Crippen molar-refractivity contribution in [3.63, 3.8) is 0 Å². The van der Waals surface area contributed by atoms with Crippen molar-refractivity contribution in [1.29, 1.82) is 5.26 Å². The number of halogens is 1. The van der Waals surface area contributed by atoms with Crippen LogP contribution in [0, 0.1) is 18.3 Å². The zero-order valence-corrected chi connectivity index (χ0v) is 13.5. The third-order valence-corrected chi connectivity index (χ3v) is 5.24. The number of nitrogens with zero attached hydrogens (tertiary/aromatic N) is 1. The molecule has 3 N–H and O–H groups in total. The smallest absolute Gasteiger partial charge is 0.263 e. The van der Waals surface area contributed by atoms with Crippen LogP contribution >= 0.6 is 15.9 Å². The maximum absolute atomic E-state index is 12.4. The lowest BCUT2D eigenvalue weighted by Crippen LogP contribution is -2.15. The molecule has 0 heterocycles. The summed E-state index contributed by atoms with van der Waals surface area (Å²) in [5, 5.41) is 8.78. The Morgan fingerprint density at radius 2 is 2.00 bits per heavy atom. The Morgan fingerprint density at radius 1 is 1.29 bits per heavy atom. The Morgan fingerprint density at radius 3 is 2.62 bits per heavy atom. The average molecular weight is 366 g/mol. The highest BCUT2D eigenvalue weighted by Gasteiger charge is 2.19. The van der Waals surface area contributed by atoms with Gasteiger partial charge in [0.2, 0.25) is 0 Å². The molecule has 0 saturated carbocycles. The molecule has 5 nitrogen and oxygen atoms in total. The monoisotopic (exact) mass is 365 g/mol. The summed E-state index contributed by atoms with van der Waals surface area (Å²) < 4.78 is 28.1. The number of sulfonamides is 1. The van der Waals surface area contributed by atoms with E-state index < -0.39 is 10.0 Å². The first-order chi connectivity index (χ1) is 9.85. The fraction of sp³-hybridized carbons (Fsp3) is 0.0714. The summed E-state index contributed by atoms with van der Waals surface area (Å²) in [6.45, 7) is 1.80. The first-order valence-electron chi connectivity index (χ1n) is 5.92. The number of nitrogens with one attached hydrogen (secondary N) is 1. The molecule has 0 aliphatic carbocycles. The fourth-order valence-electron chi connectivity index (χ4n) is 1.78. The molecule has 2 rings (SSSR count). The van der Waals surface area contributed by atoms with Crippen LogP contribution in [0.2, 0.25) is 0 Å². The van der Waals surface area contributed by atoms with Gasteiger partial charge in [-0.05, 0) is 42.8 Å². The van der Waals surface area contributed by atoms with Crippen molar-refractivity contribution in [2.45, 2.75) is 11.8 Å². The van der Waals surface area contributed by atoms with Crippen molar-refractivity contribution in [3.8, 4) is 6.07 Å². The van der Waals surface area contributed by atoms with Crippen LogP contribution in [0.15, 0.2) is 45.8 Å². The molecule has 0 saturated heterocycles. The highest BCUT2D eigenvalue weighted by molar-refractivity contribution is 9.10. The van der Waals surface area contributed by atoms with Gasteiger partial charge in [0.05, 0.1) is 23.0 Å². The molecule has 108 valence electrons. The SMILES string of the molecule is Cc1c(Br)cccc1NS(=O)(=O)c1ccc(C#N)cc1N. The summed E-state index contributed by atoms with van der Waals surface area (Å²) in [5.41, 5.74) is 7.31. The molecule has 21 heavy (non-hydrogen) atoms. The van der Waals surface area contributed by atoms with Crippen molar-refractivity contribution in [2.24, 2.45) is 0 Å². The summed E-state index contributed by atoms with van der Waals surface area (Å²) in [6.07, 6.45) is 0. The second-order valence-electron chi connectivity index (χ2n) is 4.38. The molecular formula is C14H12BrN3O2S. The molecule has 0 spiro atoms. The lowest BCUT2D eigenvalue weighted by molar-refractivity contribution is 0.601. The topological polar surface area (TPSA) is 96.0 Å². The first kappa shape index (κ1) is 15.4. The van der Waals surface area contributed by atoms with Crippen molar-refractivity contribution in [1.82, 2.24) is 0 Å². The molecule has 0 aliphatic rings. The third kappa shape index (κ3) is 3.17. The normalized spacial score (nSPS) is 10.9. The van der Waals surface area contributed by atoms with Crippen molar-refractivity contribution in [2.75, 3.05) is 10.5 Å². The lowest BCUT2D eigenvalue weighted by atomic mass is 10.2. The van der Waals surface area contributed by atoms with Gasteiger partial charge >= 0.3 is 0 Å². The lowest BCUT2D eigenvalue weighted by Gasteiger charge is -2.13. The van der Waals surface area contributed by atoms with Crippen LogP contribution < -0.4 is 10.5 Å². The second kappa shape index (κ2) is 5.76. The summed E-state index contributed by atoms with van der Waals surface area (Å²) in [7, 11) is -3.81. The summed E-state index contributed by atoms with van der Waals surface area (Å²) in [5.74, 6) is 0. The Kier molecular flexibility index (Phi) is 4.21. The Bertz CT molecular complexity index is 842. The zero-order chi connectivity index (χ0) is 15.6. The molecule has 0 atom stereocenters.